The predicted octanol–water partition coefficient (Wildman–Crippen LogP) is 3.37. The van der Waals surface area contributed by atoms with Crippen LogP contribution in [0.3, 0.4) is 0 Å². The average Bonchev–Trinajstić information content (AvgIpc) is 3.20. The molecule has 26 heavy (non-hydrogen) atoms. The molecule has 2 aliphatic heterocycles. The predicted molar refractivity (Wildman–Crippen MR) is 105 cm³/mol. The Hall–Kier alpha value is -1.43. The molecule has 1 aromatic heterocycles. The number of likely N-dealkylation sites (tertiary alicyclic amines) is 1. The van der Waals surface area contributed by atoms with Gasteiger partial charge in [0.1, 0.15) is 5.82 Å². The van der Waals surface area contributed by atoms with Gasteiger partial charge >= 0.3 is 0 Å². The van der Waals surface area contributed by atoms with E-state index in [9.17, 15) is 0 Å². The fourth-order valence-corrected chi connectivity index (χ4v) is 4.59. The molecule has 1 aromatic carbocycles. The van der Waals surface area contributed by atoms with Gasteiger partial charge in [-0.1, -0.05) is 19.9 Å². The molecule has 0 bridgehead atoms. The van der Waals surface area contributed by atoms with E-state index in [0.717, 1.165) is 50.7 Å². The molecule has 0 spiro atoms. The highest BCUT2D eigenvalue weighted by molar-refractivity contribution is 5.75. The van der Waals surface area contributed by atoms with Gasteiger partial charge in [-0.15, -0.1) is 0 Å². The van der Waals surface area contributed by atoms with E-state index in [1.54, 1.807) is 0 Å². The van der Waals surface area contributed by atoms with E-state index in [0.29, 0.717) is 6.04 Å². The first-order valence-corrected chi connectivity index (χ1v) is 10.0. The largest absolute Gasteiger partial charge is 0.379 e. The van der Waals surface area contributed by atoms with E-state index in [1.165, 1.54) is 30.5 Å². The molecule has 2 fully saturated rings. The molecule has 3 heterocycles. The number of rotatable bonds is 5. The number of nitrogens with one attached hydrogen (secondary N) is 1. The molecule has 0 radical (unpaired) electrons. The Morgan fingerprint density at radius 2 is 2.00 bits per heavy atom. The number of hydrogen-bond donors (Lipinski definition) is 1. The van der Waals surface area contributed by atoms with Crippen LogP contribution in [0.5, 0.6) is 0 Å². The third kappa shape index (κ3) is 3.95. The maximum Gasteiger partial charge on any atom is 0.124 e. The minimum atomic E-state index is 0.266. The molecule has 0 aliphatic carbocycles. The summed E-state index contributed by atoms with van der Waals surface area (Å²) in [6.07, 6.45) is 2.46. The molecular weight excluding hydrogens is 324 g/mol. The van der Waals surface area contributed by atoms with Crippen molar-refractivity contribution < 1.29 is 4.74 Å². The standard InChI is InChI=1S/C21H32N4O/c1-16-6-7-17-18(13-16)23-20(22-17)19-5-4-8-25(19)15-21(2,3)14-24-9-11-26-12-10-24/h6-7,13,19H,4-5,8-12,14-15H2,1-3H3,(H,22,23). The number of imidazole rings is 1. The van der Waals surface area contributed by atoms with Gasteiger partial charge in [-0.25, -0.2) is 4.98 Å². The van der Waals surface area contributed by atoms with Gasteiger partial charge in [0.05, 0.1) is 30.3 Å². The highest BCUT2D eigenvalue weighted by atomic mass is 16.5. The van der Waals surface area contributed by atoms with Gasteiger partial charge in [0, 0.05) is 26.2 Å². The highest BCUT2D eigenvalue weighted by Gasteiger charge is 2.33. The van der Waals surface area contributed by atoms with Crippen LogP contribution in [0, 0.1) is 12.3 Å². The summed E-state index contributed by atoms with van der Waals surface area (Å²) >= 11 is 0. The summed E-state index contributed by atoms with van der Waals surface area (Å²) in [4.78, 5) is 13.7. The van der Waals surface area contributed by atoms with Gasteiger partial charge in [0.15, 0.2) is 0 Å². The number of fused-ring (bicyclic) bond motifs is 1. The fraction of sp³-hybridized carbons (Fsp3) is 0.667. The maximum absolute atomic E-state index is 5.50. The third-order valence-corrected chi connectivity index (χ3v) is 5.72. The Morgan fingerprint density at radius 1 is 1.19 bits per heavy atom. The molecule has 4 rings (SSSR count). The summed E-state index contributed by atoms with van der Waals surface area (Å²) in [6.45, 7) is 14.3. The molecule has 2 aromatic rings. The number of morpholine rings is 1. The first-order chi connectivity index (χ1) is 12.5. The Labute approximate surface area is 156 Å². The maximum atomic E-state index is 5.50. The minimum Gasteiger partial charge on any atom is -0.379 e. The lowest BCUT2D eigenvalue weighted by molar-refractivity contribution is 0.0139. The number of H-pyrrole nitrogens is 1. The van der Waals surface area contributed by atoms with Crippen molar-refractivity contribution in [2.75, 3.05) is 45.9 Å². The van der Waals surface area contributed by atoms with Crippen molar-refractivity contribution in [3.05, 3.63) is 29.6 Å². The molecule has 1 atom stereocenters. The van der Waals surface area contributed by atoms with Crippen LogP contribution in [-0.2, 0) is 4.74 Å². The van der Waals surface area contributed by atoms with Crippen molar-refractivity contribution >= 4 is 11.0 Å². The number of aromatic amines is 1. The van der Waals surface area contributed by atoms with Crippen LogP contribution < -0.4 is 0 Å². The summed E-state index contributed by atoms with van der Waals surface area (Å²) in [5, 5.41) is 0. The van der Waals surface area contributed by atoms with Crippen LogP contribution in [0.4, 0.5) is 0 Å². The first-order valence-electron chi connectivity index (χ1n) is 10.0. The monoisotopic (exact) mass is 356 g/mol. The van der Waals surface area contributed by atoms with Crippen molar-refractivity contribution in [1.29, 1.82) is 0 Å². The molecule has 2 aliphatic rings. The van der Waals surface area contributed by atoms with Crippen LogP contribution in [0.1, 0.15) is 44.1 Å². The van der Waals surface area contributed by atoms with Crippen molar-refractivity contribution in [2.24, 2.45) is 5.41 Å². The third-order valence-electron chi connectivity index (χ3n) is 5.72. The summed E-state index contributed by atoms with van der Waals surface area (Å²) in [5.74, 6) is 1.14. The Morgan fingerprint density at radius 3 is 2.81 bits per heavy atom. The van der Waals surface area contributed by atoms with Crippen LogP contribution in [0.25, 0.3) is 11.0 Å². The Kier molecular flexibility index (Phi) is 5.04. The average molecular weight is 357 g/mol. The topological polar surface area (TPSA) is 44.4 Å². The smallest absolute Gasteiger partial charge is 0.124 e. The minimum absolute atomic E-state index is 0.266. The molecular formula is C21H32N4O. The lowest BCUT2D eigenvalue weighted by atomic mass is 9.91. The molecule has 0 amide bonds. The molecule has 0 saturated carbocycles. The van der Waals surface area contributed by atoms with Gasteiger partial charge in [-0.2, -0.15) is 0 Å². The lowest BCUT2D eigenvalue weighted by Crippen LogP contribution is -2.46. The molecule has 2 saturated heterocycles. The van der Waals surface area contributed by atoms with E-state index in [-0.39, 0.29) is 5.41 Å². The Balaban J connectivity index is 1.46. The van der Waals surface area contributed by atoms with E-state index in [2.05, 4.69) is 53.8 Å². The zero-order valence-electron chi connectivity index (χ0n) is 16.4. The summed E-state index contributed by atoms with van der Waals surface area (Å²) in [7, 11) is 0. The lowest BCUT2D eigenvalue weighted by Gasteiger charge is -2.38. The number of aromatic nitrogens is 2. The van der Waals surface area contributed by atoms with Crippen molar-refractivity contribution in [2.45, 2.75) is 39.7 Å². The fourth-order valence-electron chi connectivity index (χ4n) is 4.59. The van der Waals surface area contributed by atoms with Crippen LogP contribution in [0.15, 0.2) is 18.2 Å². The zero-order valence-corrected chi connectivity index (χ0v) is 16.4. The SMILES string of the molecule is Cc1ccc2nc(C3CCCN3CC(C)(C)CN3CCOCC3)[nH]c2c1. The van der Waals surface area contributed by atoms with E-state index in [1.807, 2.05) is 0 Å². The molecule has 1 N–H and O–H groups in total. The van der Waals surface area contributed by atoms with Crippen LogP contribution in [-0.4, -0.2) is 65.7 Å². The van der Waals surface area contributed by atoms with Gasteiger partial charge in [-0.3, -0.25) is 9.80 Å². The van der Waals surface area contributed by atoms with E-state index < -0.39 is 0 Å². The number of ether oxygens (including phenoxy) is 1. The summed E-state index contributed by atoms with van der Waals surface area (Å²) in [5.41, 5.74) is 3.80. The van der Waals surface area contributed by atoms with Crippen LogP contribution in [0.2, 0.25) is 0 Å². The number of aryl methyl sites for hydroxylation is 1. The number of nitrogens with zero attached hydrogens (tertiary/aromatic N) is 3. The summed E-state index contributed by atoms with van der Waals surface area (Å²) < 4.78 is 5.50. The molecule has 5 nitrogen and oxygen atoms in total. The number of benzene rings is 1. The van der Waals surface area contributed by atoms with Gasteiger partial charge < -0.3 is 9.72 Å². The molecule has 1 unspecified atom stereocenters. The summed E-state index contributed by atoms with van der Waals surface area (Å²) in [6, 6.07) is 6.90. The van der Waals surface area contributed by atoms with Gasteiger partial charge in [0.2, 0.25) is 0 Å². The zero-order chi connectivity index (χ0) is 18.1. The second-order valence-electron chi connectivity index (χ2n) is 8.82. The van der Waals surface area contributed by atoms with Gasteiger partial charge in [-0.05, 0) is 49.4 Å². The van der Waals surface area contributed by atoms with Crippen molar-refractivity contribution in [3.8, 4) is 0 Å². The second-order valence-corrected chi connectivity index (χ2v) is 8.82. The normalized spacial score (nSPS) is 23.1. The highest BCUT2D eigenvalue weighted by Crippen LogP contribution is 2.34. The van der Waals surface area contributed by atoms with E-state index >= 15 is 0 Å². The Bertz CT molecular complexity index is 748. The van der Waals surface area contributed by atoms with Gasteiger partial charge in [0.25, 0.3) is 0 Å². The second kappa shape index (κ2) is 7.29. The number of hydrogen-bond acceptors (Lipinski definition) is 4. The quantitative estimate of drug-likeness (QED) is 0.892. The van der Waals surface area contributed by atoms with E-state index in [4.69, 9.17) is 9.72 Å². The van der Waals surface area contributed by atoms with Crippen LogP contribution >= 0.6 is 0 Å². The van der Waals surface area contributed by atoms with Crippen molar-refractivity contribution in [1.82, 2.24) is 19.8 Å². The molecule has 5 heteroatoms. The van der Waals surface area contributed by atoms with Crippen molar-refractivity contribution in [3.63, 3.8) is 0 Å². The first kappa shape index (κ1) is 18.0. The molecule has 142 valence electrons.